The van der Waals surface area contributed by atoms with Gasteiger partial charge in [-0.25, -0.2) is 4.79 Å². The lowest BCUT2D eigenvalue weighted by Crippen LogP contribution is -2.52. The second-order valence-corrected chi connectivity index (χ2v) is 5.81. The third-order valence-corrected chi connectivity index (χ3v) is 4.20. The molecule has 1 aliphatic rings. The minimum Gasteiger partial charge on any atom is -0.371 e. The Labute approximate surface area is 141 Å². The number of benzene rings is 1. The van der Waals surface area contributed by atoms with E-state index in [2.05, 4.69) is 10.6 Å². The first-order valence-corrected chi connectivity index (χ1v) is 8.09. The number of rotatable bonds is 4. The molecule has 1 aromatic carbocycles. The number of nitrogens with zero attached hydrogens (tertiary/aromatic N) is 1. The normalized spacial score (nSPS) is 19.9. The summed E-state index contributed by atoms with van der Waals surface area (Å²) in [5.74, 6) is -0.323. The molecule has 1 aromatic rings. The van der Waals surface area contributed by atoms with Crippen molar-refractivity contribution in [3.8, 4) is 0 Å². The largest absolute Gasteiger partial charge is 0.371 e. The molecule has 23 heavy (non-hydrogen) atoms. The van der Waals surface area contributed by atoms with Crippen molar-refractivity contribution in [2.75, 3.05) is 26.2 Å². The molecular weight excluding hydrogens is 318 g/mol. The van der Waals surface area contributed by atoms with Crippen LogP contribution in [0.5, 0.6) is 0 Å². The Morgan fingerprint density at radius 1 is 1.43 bits per heavy atom. The first-order chi connectivity index (χ1) is 11.0. The molecule has 0 spiro atoms. The molecule has 0 radical (unpaired) electrons. The molecule has 1 saturated heterocycles. The standard InChI is InChI=1S/C16H22ClN3O3/c1-3-18-16(22)19-15(21)11(2)20-8-9-23-14(10-20)12-6-4-5-7-13(12)17/h4-7,11,14H,3,8-10H2,1-2H3,(H2,18,19,21,22). The molecule has 3 amide bonds. The van der Waals surface area contributed by atoms with Crippen LogP contribution < -0.4 is 10.6 Å². The zero-order chi connectivity index (χ0) is 16.8. The SMILES string of the molecule is CCNC(=O)NC(=O)C(C)N1CCOC(c2ccccc2Cl)C1. The molecule has 7 heteroatoms. The third-order valence-electron chi connectivity index (χ3n) is 3.85. The Kier molecular flexibility index (Phi) is 6.38. The Morgan fingerprint density at radius 2 is 2.17 bits per heavy atom. The van der Waals surface area contributed by atoms with Gasteiger partial charge in [0, 0.05) is 30.2 Å². The van der Waals surface area contributed by atoms with Crippen molar-refractivity contribution < 1.29 is 14.3 Å². The molecule has 0 aromatic heterocycles. The Morgan fingerprint density at radius 3 is 2.87 bits per heavy atom. The first-order valence-electron chi connectivity index (χ1n) is 7.71. The van der Waals surface area contributed by atoms with Gasteiger partial charge in [-0.15, -0.1) is 0 Å². The van der Waals surface area contributed by atoms with E-state index in [1.54, 1.807) is 13.8 Å². The van der Waals surface area contributed by atoms with Crippen LogP contribution in [0.1, 0.15) is 25.5 Å². The molecule has 126 valence electrons. The van der Waals surface area contributed by atoms with Gasteiger partial charge in [-0.05, 0) is 19.9 Å². The van der Waals surface area contributed by atoms with E-state index in [1.165, 1.54) is 0 Å². The summed E-state index contributed by atoms with van der Waals surface area (Å²) < 4.78 is 5.79. The van der Waals surface area contributed by atoms with Crippen LogP contribution in [0.2, 0.25) is 5.02 Å². The molecule has 1 heterocycles. The first kappa shape index (κ1) is 17.7. The van der Waals surface area contributed by atoms with Crippen molar-refractivity contribution in [1.82, 2.24) is 15.5 Å². The fourth-order valence-electron chi connectivity index (χ4n) is 2.53. The fraction of sp³-hybridized carbons (Fsp3) is 0.500. The summed E-state index contributed by atoms with van der Waals surface area (Å²) in [6, 6.07) is 6.64. The summed E-state index contributed by atoms with van der Waals surface area (Å²) in [5.41, 5.74) is 0.912. The Balaban J connectivity index is 1.99. The molecule has 0 bridgehead atoms. The maximum Gasteiger partial charge on any atom is 0.321 e. The van der Waals surface area contributed by atoms with Gasteiger partial charge < -0.3 is 10.1 Å². The monoisotopic (exact) mass is 339 g/mol. The van der Waals surface area contributed by atoms with Gasteiger partial charge in [-0.1, -0.05) is 29.8 Å². The smallest absolute Gasteiger partial charge is 0.321 e. The minimum absolute atomic E-state index is 0.183. The van der Waals surface area contributed by atoms with E-state index in [1.807, 2.05) is 29.2 Å². The lowest BCUT2D eigenvalue weighted by atomic mass is 10.1. The minimum atomic E-state index is -0.472. The number of morpholine rings is 1. The van der Waals surface area contributed by atoms with Gasteiger partial charge in [0.15, 0.2) is 0 Å². The predicted molar refractivity (Wildman–Crippen MR) is 88.4 cm³/mol. The molecule has 2 rings (SSSR count). The van der Waals surface area contributed by atoms with Crippen LogP contribution >= 0.6 is 11.6 Å². The topological polar surface area (TPSA) is 70.7 Å². The quantitative estimate of drug-likeness (QED) is 0.879. The summed E-state index contributed by atoms with van der Waals surface area (Å²) in [7, 11) is 0. The van der Waals surface area contributed by atoms with Crippen molar-refractivity contribution in [1.29, 1.82) is 0 Å². The van der Waals surface area contributed by atoms with Crippen LogP contribution in [0.4, 0.5) is 4.79 Å². The fourth-order valence-corrected chi connectivity index (χ4v) is 2.79. The number of urea groups is 1. The number of halogens is 1. The second kappa shape index (κ2) is 8.29. The number of hydrogen-bond acceptors (Lipinski definition) is 4. The molecule has 2 atom stereocenters. The van der Waals surface area contributed by atoms with Crippen molar-refractivity contribution in [2.45, 2.75) is 26.0 Å². The van der Waals surface area contributed by atoms with Gasteiger partial charge in [-0.3, -0.25) is 15.0 Å². The number of amides is 3. The highest BCUT2D eigenvalue weighted by atomic mass is 35.5. The van der Waals surface area contributed by atoms with Crippen molar-refractivity contribution in [2.24, 2.45) is 0 Å². The molecule has 2 unspecified atom stereocenters. The number of carbonyl (C=O) groups is 2. The van der Waals surface area contributed by atoms with E-state index in [0.717, 1.165) is 5.56 Å². The third kappa shape index (κ3) is 4.67. The van der Waals surface area contributed by atoms with Gasteiger partial charge in [0.2, 0.25) is 5.91 Å². The highest BCUT2D eigenvalue weighted by Crippen LogP contribution is 2.28. The van der Waals surface area contributed by atoms with Crippen LogP contribution in [-0.2, 0) is 9.53 Å². The van der Waals surface area contributed by atoms with E-state index in [-0.39, 0.29) is 12.0 Å². The van der Waals surface area contributed by atoms with Crippen LogP contribution in [0.3, 0.4) is 0 Å². The van der Waals surface area contributed by atoms with E-state index in [4.69, 9.17) is 16.3 Å². The highest BCUT2D eigenvalue weighted by molar-refractivity contribution is 6.31. The molecular formula is C16H22ClN3O3. The number of imide groups is 1. The van der Waals surface area contributed by atoms with Crippen LogP contribution in [0.25, 0.3) is 0 Å². The number of carbonyl (C=O) groups excluding carboxylic acids is 2. The van der Waals surface area contributed by atoms with Crippen LogP contribution in [0.15, 0.2) is 24.3 Å². The molecule has 0 aliphatic carbocycles. The lowest BCUT2D eigenvalue weighted by Gasteiger charge is -2.36. The van der Waals surface area contributed by atoms with Crippen LogP contribution in [-0.4, -0.2) is 49.1 Å². The average Bonchev–Trinajstić information content (AvgIpc) is 2.55. The molecule has 1 aliphatic heterocycles. The number of nitrogens with one attached hydrogen (secondary N) is 2. The summed E-state index contributed by atoms with van der Waals surface area (Å²) >= 11 is 6.22. The van der Waals surface area contributed by atoms with Gasteiger partial charge in [-0.2, -0.15) is 0 Å². The molecule has 0 saturated carbocycles. The second-order valence-electron chi connectivity index (χ2n) is 5.40. The molecule has 6 nitrogen and oxygen atoms in total. The van der Waals surface area contributed by atoms with E-state index >= 15 is 0 Å². The maximum absolute atomic E-state index is 12.2. The van der Waals surface area contributed by atoms with Gasteiger partial charge in [0.05, 0.1) is 18.8 Å². The Bertz CT molecular complexity index is 567. The summed E-state index contributed by atoms with van der Waals surface area (Å²) in [4.78, 5) is 25.6. The van der Waals surface area contributed by atoms with Gasteiger partial charge >= 0.3 is 6.03 Å². The summed E-state index contributed by atoms with van der Waals surface area (Å²) in [6.45, 7) is 5.74. The van der Waals surface area contributed by atoms with Crippen molar-refractivity contribution in [3.63, 3.8) is 0 Å². The maximum atomic E-state index is 12.2. The van der Waals surface area contributed by atoms with E-state index in [9.17, 15) is 9.59 Å². The zero-order valence-electron chi connectivity index (χ0n) is 13.3. The lowest BCUT2D eigenvalue weighted by molar-refractivity contribution is -0.128. The summed E-state index contributed by atoms with van der Waals surface area (Å²) in [6.07, 6.45) is -0.183. The molecule has 1 fully saturated rings. The number of ether oxygens (including phenoxy) is 1. The highest BCUT2D eigenvalue weighted by Gasteiger charge is 2.30. The van der Waals surface area contributed by atoms with E-state index < -0.39 is 12.1 Å². The van der Waals surface area contributed by atoms with Crippen molar-refractivity contribution >= 4 is 23.5 Å². The Hall–Kier alpha value is -1.63. The van der Waals surface area contributed by atoms with Crippen molar-refractivity contribution in [3.05, 3.63) is 34.9 Å². The predicted octanol–water partition coefficient (Wildman–Crippen LogP) is 1.95. The van der Waals surface area contributed by atoms with E-state index in [0.29, 0.717) is 31.3 Å². The zero-order valence-corrected chi connectivity index (χ0v) is 14.1. The van der Waals surface area contributed by atoms with Gasteiger partial charge in [0.1, 0.15) is 0 Å². The summed E-state index contributed by atoms with van der Waals surface area (Å²) in [5, 5.41) is 5.54. The molecule has 2 N–H and O–H groups in total. The van der Waals surface area contributed by atoms with Crippen LogP contribution in [0, 0.1) is 0 Å². The average molecular weight is 340 g/mol. The number of hydrogen-bond donors (Lipinski definition) is 2. The van der Waals surface area contributed by atoms with Gasteiger partial charge in [0.25, 0.3) is 0 Å².